The second kappa shape index (κ2) is 6.53. The number of halogens is 2. The highest BCUT2D eigenvalue weighted by Crippen LogP contribution is 2.18. The minimum Gasteiger partial charge on any atom is -0.480 e. The molecule has 0 aromatic carbocycles. The lowest BCUT2D eigenvalue weighted by atomic mass is 10.2. The standard InChI is InChI=1S/C10H10Cl2N2O4/c11-6-4-13-8(12)3-5(6)9(16)14-7(1-2-15)10(17)18/h3-4,7,15H,1-2H2,(H,14,16)(H,17,18)/t7-/m1/s1. The van der Waals surface area contributed by atoms with Gasteiger partial charge < -0.3 is 15.5 Å². The molecule has 3 N–H and O–H groups in total. The maximum atomic E-state index is 11.8. The molecule has 6 nitrogen and oxygen atoms in total. The van der Waals surface area contributed by atoms with Crippen molar-refractivity contribution in [1.29, 1.82) is 0 Å². The van der Waals surface area contributed by atoms with E-state index >= 15 is 0 Å². The first-order chi connectivity index (χ1) is 8.45. The number of aliphatic carboxylic acids is 1. The van der Waals surface area contributed by atoms with Crippen LogP contribution in [0, 0.1) is 0 Å². The average Bonchev–Trinajstić information content (AvgIpc) is 2.31. The molecule has 98 valence electrons. The third-order valence-electron chi connectivity index (χ3n) is 2.09. The largest absolute Gasteiger partial charge is 0.480 e. The van der Waals surface area contributed by atoms with Crippen LogP contribution in [0.5, 0.6) is 0 Å². The van der Waals surface area contributed by atoms with Crippen molar-refractivity contribution in [3.8, 4) is 0 Å². The predicted molar refractivity (Wildman–Crippen MR) is 64.8 cm³/mol. The molecule has 0 aliphatic carbocycles. The molecule has 1 aromatic rings. The van der Waals surface area contributed by atoms with Gasteiger partial charge in [-0.25, -0.2) is 9.78 Å². The van der Waals surface area contributed by atoms with E-state index in [1.165, 1.54) is 12.3 Å². The second-order valence-electron chi connectivity index (χ2n) is 3.36. The lowest BCUT2D eigenvalue weighted by Gasteiger charge is -2.13. The van der Waals surface area contributed by atoms with Crippen LogP contribution in [-0.2, 0) is 4.79 Å². The zero-order chi connectivity index (χ0) is 13.7. The number of hydrogen-bond donors (Lipinski definition) is 3. The topological polar surface area (TPSA) is 99.5 Å². The van der Waals surface area contributed by atoms with Crippen LogP contribution in [0.25, 0.3) is 0 Å². The van der Waals surface area contributed by atoms with E-state index in [1.807, 2.05) is 0 Å². The summed E-state index contributed by atoms with van der Waals surface area (Å²) in [7, 11) is 0. The van der Waals surface area contributed by atoms with Gasteiger partial charge in [0.2, 0.25) is 0 Å². The maximum Gasteiger partial charge on any atom is 0.326 e. The van der Waals surface area contributed by atoms with Crippen molar-refractivity contribution >= 4 is 35.1 Å². The minimum atomic E-state index is -1.24. The molecule has 18 heavy (non-hydrogen) atoms. The number of carbonyl (C=O) groups excluding carboxylic acids is 1. The number of nitrogens with zero attached hydrogens (tertiary/aromatic N) is 1. The highest BCUT2D eigenvalue weighted by Gasteiger charge is 2.21. The predicted octanol–water partition coefficient (Wildman–Crippen LogP) is 0.954. The molecular weight excluding hydrogens is 283 g/mol. The Balaban J connectivity index is 2.86. The number of nitrogens with one attached hydrogen (secondary N) is 1. The molecule has 0 radical (unpaired) electrons. The summed E-state index contributed by atoms with van der Waals surface area (Å²) in [5, 5.41) is 19.9. The molecule has 0 saturated carbocycles. The molecule has 1 heterocycles. The maximum absolute atomic E-state index is 11.8. The van der Waals surface area contributed by atoms with E-state index in [0.29, 0.717) is 0 Å². The zero-order valence-corrected chi connectivity index (χ0v) is 10.6. The number of aliphatic hydroxyl groups excluding tert-OH is 1. The molecule has 0 unspecified atom stereocenters. The molecule has 0 fully saturated rings. The molecular formula is C10H10Cl2N2O4. The van der Waals surface area contributed by atoms with E-state index in [9.17, 15) is 9.59 Å². The zero-order valence-electron chi connectivity index (χ0n) is 9.06. The van der Waals surface area contributed by atoms with E-state index in [-0.39, 0.29) is 28.8 Å². The molecule has 0 aliphatic heterocycles. The van der Waals surface area contributed by atoms with Crippen LogP contribution >= 0.6 is 23.2 Å². The number of aromatic nitrogens is 1. The van der Waals surface area contributed by atoms with Crippen molar-refractivity contribution < 1.29 is 19.8 Å². The van der Waals surface area contributed by atoms with Gasteiger partial charge in [-0.2, -0.15) is 0 Å². The van der Waals surface area contributed by atoms with Gasteiger partial charge in [0.05, 0.1) is 10.6 Å². The lowest BCUT2D eigenvalue weighted by Crippen LogP contribution is -2.41. The first kappa shape index (κ1) is 14.7. The molecule has 1 rings (SSSR count). The number of aliphatic hydroxyl groups is 1. The molecule has 0 aliphatic rings. The fraction of sp³-hybridized carbons (Fsp3) is 0.300. The summed E-state index contributed by atoms with van der Waals surface area (Å²) in [6.45, 7) is -0.359. The van der Waals surface area contributed by atoms with Crippen LogP contribution in [0.2, 0.25) is 10.2 Å². The van der Waals surface area contributed by atoms with Gasteiger partial charge in [0.25, 0.3) is 5.91 Å². The number of amides is 1. The minimum absolute atomic E-state index is 0.0286. The van der Waals surface area contributed by atoms with Crippen molar-refractivity contribution in [1.82, 2.24) is 10.3 Å². The fourth-order valence-electron chi connectivity index (χ4n) is 1.21. The Morgan fingerprint density at radius 3 is 2.67 bits per heavy atom. The highest BCUT2D eigenvalue weighted by molar-refractivity contribution is 6.35. The van der Waals surface area contributed by atoms with Gasteiger partial charge in [-0.3, -0.25) is 4.79 Å². The lowest BCUT2D eigenvalue weighted by molar-refractivity contribution is -0.139. The van der Waals surface area contributed by atoms with Crippen LogP contribution in [0.1, 0.15) is 16.8 Å². The van der Waals surface area contributed by atoms with Crippen LogP contribution in [-0.4, -0.2) is 39.7 Å². The Morgan fingerprint density at radius 1 is 1.44 bits per heavy atom. The number of carbonyl (C=O) groups is 2. The fourth-order valence-corrected chi connectivity index (χ4v) is 1.56. The van der Waals surface area contributed by atoms with E-state index in [1.54, 1.807) is 0 Å². The third kappa shape index (κ3) is 3.83. The third-order valence-corrected chi connectivity index (χ3v) is 2.60. The van der Waals surface area contributed by atoms with E-state index < -0.39 is 17.9 Å². The van der Waals surface area contributed by atoms with Crippen molar-refractivity contribution in [2.75, 3.05) is 6.61 Å². The SMILES string of the molecule is O=C(N[C@H](CCO)C(=O)O)c1cc(Cl)ncc1Cl. The van der Waals surface area contributed by atoms with E-state index in [2.05, 4.69) is 10.3 Å². The summed E-state index contributed by atoms with van der Waals surface area (Å²) in [6.07, 6.45) is 1.10. The summed E-state index contributed by atoms with van der Waals surface area (Å²) < 4.78 is 0. The van der Waals surface area contributed by atoms with Gasteiger partial charge in [-0.05, 0) is 6.07 Å². The molecule has 8 heteroatoms. The molecule has 0 saturated heterocycles. The van der Waals surface area contributed by atoms with Crippen LogP contribution < -0.4 is 5.32 Å². The van der Waals surface area contributed by atoms with Crippen molar-refractivity contribution in [2.24, 2.45) is 0 Å². The number of carboxylic acid groups (broad SMARTS) is 1. The second-order valence-corrected chi connectivity index (χ2v) is 4.16. The summed E-state index contributed by atoms with van der Waals surface area (Å²) in [5.74, 6) is -1.93. The Hall–Kier alpha value is -1.37. The highest BCUT2D eigenvalue weighted by atomic mass is 35.5. The van der Waals surface area contributed by atoms with Gasteiger partial charge in [-0.15, -0.1) is 0 Å². The quantitative estimate of drug-likeness (QED) is 0.702. The van der Waals surface area contributed by atoms with Crippen molar-refractivity contribution in [3.05, 3.63) is 28.0 Å². The smallest absolute Gasteiger partial charge is 0.326 e. The monoisotopic (exact) mass is 292 g/mol. The van der Waals surface area contributed by atoms with E-state index in [4.69, 9.17) is 33.4 Å². The van der Waals surface area contributed by atoms with Gasteiger partial charge in [-0.1, -0.05) is 23.2 Å². The molecule has 0 spiro atoms. The summed E-state index contributed by atoms with van der Waals surface area (Å²) >= 11 is 11.4. The molecule has 1 atom stereocenters. The van der Waals surface area contributed by atoms with Gasteiger partial charge >= 0.3 is 5.97 Å². The molecule has 0 bridgehead atoms. The number of hydrogen-bond acceptors (Lipinski definition) is 4. The number of carboxylic acids is 1. The Labute approximate surface area is 113 Å². The summed E-state index contributed by atoms with van der Waals surface area (Å²) in [6, 6.07) is 0.0439. The summed E-state index contributed by atoms with van der Waals surface area (Å²) in [4.78, 5) is 26.3. The summed E-state index contributed by atoms with van der Waals surface area (Å²) in [5.41, 5.74) is 0.0286. The van der Waals surface area contributed by atoms with Gasteiger partial charge in [0.15, 0.2) is 0 Å². The molecule has 1 aromatic heterocycles. The van der Waals surface area contributed by atoms with Crippen LogP contribution in [0.4, 0.5) is 0 Å². The number of rotatable bonds is 5. The molecule has 1 amide bonds. The van der Waals surface area contributed by atoms with E-state index in [0.717, 1.165) is 0 Å². The van der Waals surface area contributed by atoms with Crippen LogP contribution in [0.3, 0.4) is 0 Å². The van der Waals surface area contributed by atoms with Gasteiger partial charge in [0, 0.05) is 19.2 Å². The average molecular weight is 293 g/mol. The van der Waals surface area contributed by atoms with Crippen molar-refractivity contribution in [3.63, 3.8) is 0 Å². The van der Waals surface area contributed by atoms with Gasteiger partial charge in [0.1, 0.15) is 11.2 Å². The Kier molecular flexibility index (Phi) is 5.33. The Morgan fingerprint density at radius 2 is 2.11 bits per heavy atom. The first-order valence-electron chi connectivity index (χ1n) is 4.91. The number of pyridine rings is 1. The first-order valence-corrected chi connectivity index (χ1v) is 5.67. The van der Waals surface area contributed by atoms with Crippen LogP contribution in [0.15, 0.2) is 12.3 Å². The Bertz CT molecular complexity index is 467. The van der Waals surface area contributed by atoms with Crippen molar-refractivity contribution in [2.45, 2.75) is 12.5 Å². The normalized spacial score (nSPS) is 11.9.